The van der Waals surface area contributed by atoms with E-state index in [1.807, 2.05) is 0 Å². The van der Waals surface area contributed by atoms with E-state index in [1.165, 1.54) is 117 Å². The third-order valence-corrected chi connectivity index (χ3v) is 18.0. The second-order valence-corrected chi connectivity index (χ2v) is 22.1. The zero-order valence-corrected chi connectivity index (χ0v) is 44.7. The van der Waals surface area contributed by atoms with Crippen molar-refractivity contribution in [2.75, 3.05) is 4.90 Å². The summed E-state index contributed by atoms with van der Waals surface area (Å²) in [6, 6.07) is 110. The number of anilines is 3. The summed E-state index contributed by atoms with van der Waals surface area (Å²) < 4.78 is 0. The molecule has 0 aliphatic heterocycles. The molecule has 0 fully saturated rings. The van der Waals surface area contributed by atoms with Gasteiger partial charge < -0.3 is 4.90 Å². The molecule has 0 aromatic heterocycles. The Labute approximate surface area is 464 Å². The molecule has 0 saturated heterocycles. The van der Waals surface area contributed by atoms with Crippen LogP contribution in [0.4, 0.5) is 17.1 Å². The minimum atomic E-state index is -0.510. The summed E-state index contributed by atoms with van der Waals surface area (Å²) in [5, 5.41) is 0. The van der Waals surface area contributed by atoms with E-state index < -0.39 is 16.2 Å². The van der Waals surface area contributed by atoms with Crippen LogP contribution in [0.3, 0.4) is 0 Å². The maximum atomic E-state index is 2.45. The predicted octanol–water partition coefficient (Wildman–Crippen LogP) is 19.2. The summed E-state index contributed by atoms with van der Waals surface area (Å²) in [6.45, 7) is 6.53. The Morgan fingerprint density at radius 2 is 0.354 bits per heavy atom. The first-order valence-electron chi connectivity index (χ1n) is 27.8. The SMILES string of the molecule is Cc1ccc(C2(c3ccc(N(c4ccc(C5(c6ccc(C)cc6)c6ccccc6-c6ccccc65)cc4)c4ccc(C5(c6ccc(C)cc6)c6ccccc6-c6ccccc65)cc4)cc3)c3ccccc3-c3ccccc32)cc1. The van der Waals surface area contributed by atoms with Gasteiger partial charge in [0.25, 0.3) is 0 Å². The summed E-state index contributed by atoms with van der Waals surface area (Å²) in [6.07, 6.45) is 0. The topological polar surface area (TPSA) is 3.24 Å². The Hall–Kier alpha value is -9.56. The van der Waals surface area contributed by atoms with Gasteiger partial charge in [0.1, 0.15) is 0 Å². The summed E-state index contributed by atoms with van der Waals surface area (Å²) in [5.41, 5.74) is 28.6. The number of rotatable bonds is 9. The molecule has 0 N–H and O–H groups in total. The van der Waals surface area contributed by atoms with Crippen LogP contribution >= 0.6 is 0 Å². The number of hydrogen-bond acceptors (Lipinski definition) is 1. The molecule has 0 amide bonds. The number of hydrogen-bond donors (Lipinski definition) is 0. The number of fused-ring (bicyclic) bond motifs is 9. The highest BCUT2D eigenvalue weighted by molar-refractivity contribution is 5.90. The fourth-order valence-corrected chi connectivity index (χ4v) is 14.5. The molecule has 0 atom stereocenters. The van der Waals surface area contributed by atoms with Gasteiger partial charge in [0.05, 0.1) is 16.2 Å². The smallest absolute Gasteiger partial charge is 0.0713 e. The van der Waals surface area contributed by atoms with Gasteiger partial charge >= 0.3 is 0 Å². The van der Waals surface area contributed by atoms with Crippen molar-refractivity contribution in [2.24, 2.45) is 0 Å². The van der Waals surface area contributed by atoms with E-state index in [1.54, 1.807) is 0 Å². The van der Waals surface area contributed by atoms with Crippen LogP contribution in [0, 0.1) is 20.8 Å². The van der Waals surface area contributed by atoms with Crippen LogP contribution in [0.2, 0.25) is 0 Å². The van der Waals surface area contributed by atoms with Gasteiger partial charge in [-0.3, -0.25) is 0 Å². The molecular weight excluding hydrogens is 951 g/mol. The van der Waals surface area contributed by atoms with Gasteiger partial charge in [-0.2, -0.15) is 0 Å². The Kier molecular flexibility index (Phi) is 10.7. The number of aryl methyl sites for hydroxylation is 3. The van der Waals surface area contributed by atoms with Crippen molar-refractivity contribution in [2.45, 2.75) is 37.0 Å². The minimum absolute atomic E-state index is 0.510. The molecule has 0 radical (unpaired) electrons. The van der Waals surface area contributed by atoms with E-state index in [9.17, 15) is 0 Å². The summed E-state index contributed by atoms with van der Waals surface area (Å²) in [5.74, 6) is 0. The van der Waals surface area contributed by atoms with Crippen LogP contribution in [-0.2, 0) is 16.2 Å². The standard InChI is InChI=1S/C78H57N/c1-52-28-34-55(35-29-52)76(70-22-10-4-16-64(70)65-17-5-11-23-71(65)76)58-40-46-61(47-41-58)79(62-48-42-59(43-49-62)77(56-36-30-53(2)31-37-56)72-24-12-6-18-66(72)67-19-7-13-25-73(67)77)63-50-44-60(45-51-63)78(57-38-32-54(3)33-39-57)74-26-14-8-20-68(74)69-21-9-15-27-75(69)78/h4-51H,1-3H3. The van der Waals surface area contributed by atoms with Gasteiger partial charge in [0.15, 0.2) is 0 Å². The van der Waals surface area contributed by atoms with Crippen LogP contribution in [0.1, 0.15) is 83.5 Å². The largest absolute Gasteiger partial charge is 0.311 e. The molecule has 1 heteroatoms. The lowest BCUT2D eigenvalue weighted by molar-refractivity contribution is 0.767. The van der Waals surface area contributed by atoms with Gasteiger partial charge in [0, 0.05) is 17.1 Å². The first kappa shape index (κ1) is 46.7. The molecule has 3 aliphatic carbocycles. The van der Waals surface area contributed by atoms with Gasteiger partial charge in [-0.25, -0.2) is 0 Å². The first-order chi connectivity index (χ1) is 38.9. The molecular formula is C78H57N. The molecule has 0 unspecified atom stereocenters. The van der Waals surface area contributed by atoms with E-state index in [-0.39, 0.29) is 0 Å². The van der Waals surface area contributed by atoms with Crippen LogP contribution < -0.4 is 4.90 Å². The summed E-state index contributed by atoms with van der Waals surface area (Å²) in [7, 11) is 0. The van der Waals surface area contributed by atoms with Crippen molar-refractivity contribution in [1.82, 2.24) is 0 Å². The summed E-state index contributed by atoms with van der Waals surface area (Å²) >= 11 is 0. The van der Waals surface area contributed by atoms with Gasteiger partial charge in [-0.15, -0.1) is 0 Å². The monoisotopic (exact) mass is 1010 g/mol. The highest BCUT2D eigenvalue weighted by Gasteiger charge is 2.49. The average Bonchev–Trinajstić information content (AvgIpc) is 3.03. The molecule has 0 spiro atoms. The van der Waals surface area contributed by atoms with Crippen molar-refractivity contribution < 1.29 is 0 Å². The third-order valence-electron chi connectivity index (χ3n) is 18.0. The van der Waals surface area contributed by atoms with Gasteiger partial charge in [-0.1, -0.05) is 271 Å². The quantitative estimate of drug-likeness (QED) is 0.139. The van der Waals surface area contributed by atoms with E-state index in [0.717, 1.165) is 17.1 Å². The molecule has 1 nitrogen and oxygen atoms in total. The minimum Gasteiger partial charge on any atom is -0.311 e. The fourth-order valence-electron chi connectivity index (χ4n) is 14.5. The Morgan fingerprint density at radius 1 is 0.190 bits per heavy atom. The number of nitrogens with zero attached hydrogens (tertiary/aromatic N) is 1. The lowest BCUT2D eigenvalue weighted by atomic mass is 9.67. The van der Waals surface area contributed by atoms with Crippen LogP contribution in [0.5, 0.6) is 0 Å². The van der Waals surface area contributed by atoms with E-state index in [0.29, 0.717) is 0 Å². The normalized spacial score (nSPS) is 14.3. The second kappa shape index (κ2) is 18.0. The molecule has 12 aromatic rings. The first-order valence-corrected chi connectivity index (χ1v) is 27.8. The Bertz CT molecular complexity index is 3710. The van der Waals surface area contributed by atoms with Crippen LogP contribution in [0.15, 0.2) is 291 Å². The third kappa shape index (κ3) is 6.69. The van der Waals surface area contributed by atoms with Crippen molar-refractivity contribution >= 4 is 17.1 Å². The fraction of sp³-hybridized carbons (Fsp3) is 0.0769. The second-order valence-electron chi connectivity index (χ2n) is 22.1. The van der Waals surface area contributed by atoms with Gasteiger partial charge in [0.2, 0.25) is 0 Å². The Morgan fingerprint density at radius 3 is 0.544 bits per heavy atom. The number of benzene rings is 12. The average molecular weight is 1010 g/mol. The van der Waals surface area contributed by atoms with Crippen molar-refractivity contribution in [3.8, 4) is 33.4 Å². The summed E-state index contributed by atoms with van der Waals surface area (Å²) in [4.78, 5) is 2.45. The van der Waals surface area contributed by atoms with Crippen molar-refractivity contribution in [1.29, 1.82) is 0 Å². The Balaban J connectivity index is 0.926. The molecule has 0 bridgehead atoms. The zero-order valence-electron chi connectivity index (χ0n) is 44.7. The molecule has 374 valence electrons. The molecule has 79 heavy (non-hydrogen) atoms. The molecule has 0 heterocycles. The zero-order chi connectivity index (χ0) is 52.9. The highest BCUT2D eigenvalue weighted by Crippen LogP contribution is 2.60. The lowest BCUT2D eigenvalue weighted by Crippen LogP contribution is -2.29. The molecule has 3 aliphatic rings. The van der Waals surface area contributed by atoms with Crippen LogP contribution in [-0.4, -0.2) is 0 Å². The highest BCUT2D eigenvalue weighted by atomic mass is 15.1. The maximum absolute atomic E-state index is 2.45. The maximum Gasteiger partial charge on any atom is 0.0713 e. The molecule has 15 rings (SSSR count). The molecule has 0 saturated carbocycles. The van der Waals surface area contributed by atoms with E-state index >= 15 is 0 Å². The van der Waals surface area contributed by atoms with E-state index in [4.69, 9.17) is 0 Å². The lowest BCUT2D eigenvalue weighted by Gasteiger charge is -2.36. The van der Waals surface area contributed by atoms with Gasteiger partial charge in [-0.05, 0) is 157 Å². The van der Waals surface area contributed by atoms with Crippen molar-refractivity contribution in [3.05, 3.63) is 375 Å². The molecule has 12 aromatic carbocycles. The predicted molar refractivity (Wildman–Crippen MR) is 327 cm³/mol. The van der Waals surface area contributed by atoms with E-state index in [2.05, 4.69) is 317 Å². The van der Waals surface area contributed by atoms with Crippen molar-refractivity contribution in [3.63, 3.8) is 0 Å². The van der Waals surface area contributed by atoms with Crippen LogP contribution in [0.25, 0.3) is 33.4 Å².